The van der Waals surface area contributed by atoms with E-state index in [0.29, 0.717) is 12.0 Å². The van der Waals surface area contributed by atoms with E-state index in [1.165, 1.54) is 0 Å². The molecule has 1 aliphatic carbocycles. The number of halogens is 4. The molecular weight excluding hydrogens is 325 g/mol. The molecule has 1 atom stereocenters. The van der Waals surface area contributed by atoms with Crippen molar-refractivity contribution < 1.29 is 13.5 Å². The van der Waals surface area contributed by atoms with E-state index in [0.717, 1.165) is 31.4 Å². The highest BCUT2D eigenvalue weighted by molar-refractivity contribution is 9.09. The molecule has 1 aromatic carbocycles. The summed E-state index contributed by atoms with van der Waals surface area (Å²) in [6, 6.07) is 2.17. The molecule has 18 heavy (non-hydrogen) atoms. The largest absolute Gasteiger partial charge is 0.378 e. The first-order valence-corrected chi connectivity index (χ1v) is 7.10. The van der Waals surface area contributed by atoms with Gasteiger partial charge in [0, 0.05) is 17.0 Å². The van der Waals surface area contributed by atoms with Crippen LogP contribution in [0.5, 0.6) is 0 Å². The summed E-state index contributed by atoms with van der Waals surface area (Å²) in [7, 11) is 1.69. The molecule has 0 N–H and O–H groups in total. The van der Waals surface area contributed by atoms with E-state index in [9.17, 15) is 8.78 Å². The van der Waals surface area contributed by atoms with E-state index < -0.39 is 11.6 Å². The summed E-state index contributed by atoms with van der Waals surface area (Å²) in [6.07, 6.45) is 3.83. The Hall–Kier alpha value is -0.190. The molecular formula is C13H14BrClF2O. The van der Waals surface area contributed by atoms with Crippen LogP contribution in [0.15, 0.2) is 12.1 Å². The lowest BCUT2D eigenvalue weighted by molar-refractivity contribution is -0.0773. The number of benzene rings is 1. The van der Waals surface area contributed by atoms with Gasteiger partial charge in [0.1, 0.15) is 0 Å². The molecule has 0 heterocycles. The molecule has 0 spiro atoms. The van der Waals surface area contributed by atoms with Crippen LogP contribution in [0.2, 0.25) is 5.02 Å². The van der Waals surface area contributed by atoms with Crippen LogP contribution < -0.4 is 0 Å². The molecule has 0 saturated heterocycles. The Morgan fingerprint density at radius 1 is 1.39 bits per heavy atom. The number of hydrogen-bond acceptors (Lipinski definition) is 1. The van der Waals surface area contributed by atoms with Gasteiger partial charge in [0.2, 0.25) is 0 Å². The van der Waals surface area contributed by atoms with Crippen LogP contribution in [-0.2, 0) is 4.74 Å². The lowest BCUT2D eigenvalue weighted by Gasteiger charge is -2.42. The maximum atomic E-state index is 13.2. The Kier molecular flexibility index (Phi) is 4.29. The normalized spacial score (nSPS) is 19.4. The lowest BCUT2D eigenvalue weighted by Crippen LogP contribution is -2.39. The number of methoxy groups -OCH3 is 1. The van der Waals surface area contributed by atoms with Crippen molar-refractivity contribution in [3.63, 3.8) is 0 Å². The Morgan fingerprint density at radius 3 is 2.50 bits per heavy atom. The van der Waals surface area contributed by atoms with Crippen LogP contribution in [0, 0.1) is 11.6 Å². The van der Waals surface area contributed by atoms with E-state index in [-0.39, 0.29) is 15.5 Å². The lowest BCUT2D eigenvalue weighted by atomic mass is 9.76. The zero-order chi connectivity index (χ0) is 13.3. The third-order valence-electron chi connectivity index (χ3n) is 3.63. The summed E-state index contributed by atoms with van der Waals surface area (Å²) < 4.78 is 31.8. The van der Waals surface area contributed by atoms with Gasteiger partial charge in [-0.3, -0.25) is 0 Å². The number of rotatable bonds is 4. The molecule has 0 aliphatic heterocycles. The van der Waals surface area contributed by atoms with Crippen molar-refractivity contribution in [2.75, 3.05) is 7.11 Å². The highest BCUT2D eigenvalue weighted by Gasteiger charge is 2.39. The minimum absolute atomic E-state index is 0.139. The van der Waals surface area contributed by atoms with Crippen molar-refractivity contribution in [1.82, 2.24) is 0 Å². The van der Waals surface area contributed by atoms with Crippen LogP contribution in [-0.4, -0.2) is 12.7 Å². The third-order valence-corrected chi connectivity index (χ3v) is 4.77. The van der Waals surface area contributed by atoms with Crippen LogP contribution in [0.3, 0.4) is 0 Å². The first kappa shape index (κ1) is 14.2. The van der Waals surface area contributed by atoms with Gasteiger partial charge in [0.15, 0.2) is 11.6 Å². The molecule has 1 nitrogen and oxygen atoms in total. The average Bonchev–Trinajstić information content (AvgIpc) is 2.28. The van der Waals surface area contributed by atoms with Gasteiger partial charge in [-0.15, -0.1) is 0 Å². The summed E-state index contributed by atoms with van der Waals surface area (Å²) >= 11 is 9.45. The van der Waals surface area contributed by atoms with Crippen molar-refractivity contribution >= 4 is 27.5 Å². The smallest absolute Gasteiger partial charge is 0.160 e. The Balaban J connectivity index is 2.18. The second kappa shape index (κ2) is 5.43. The first-order valence-electron chi connectivity index (χ1n) is 5.81. The summed E-state index contributed by atoms with van der Waals surface area (Å²) in [5, 5.41) is 0.237. The standard InChI is InChI=1S/C13H14BrClF2O/c1-18-13(3-2-4-13)7-9(14)8-5-11(16)12(17)6-10(8)15/h5-6,9H,2-4,7H2,1H3. The van der Waals surface area contributed by atoms with Crippen molar-refractivity contribution in [3.8, 4) is 0 Å². The molecule has 0 bridgehead atoms. The molecule has 1 aliphatic rings. The van der Waals surface area contributed by atoms with Crippen molar-refractivity contribution in [2.45, 2.75) is 36.1 Å². The zero-order valence-corrected chi connectivity index (χ0v) is 12.3. The topological polar surface area (TPSA) is 9.23 Å². The predicted molar refractivity (Wildman–Crippen MR) is 71.2 cm³/mol. The van der Waals surface area contributed by atoms with Gasteiger partial charge in [0.25, 0.3) is 0 Å². The molecule has 0 radical (unpaired) electrons. The zero-order valence-electron chi connectivity index (χ0n) is 9.98. The summed E-state index contributed by atoms with van der Waals surface area (Å²) in [6.45, 7) is 0. The van der Waals surface area contributed by atoms with Gasteiger partial charge in [-0.05, 0) is 43.4 Å². The second-order valence-corrected chi connectivity index (χ2v) is 6.21. The van der Waals surface area contributed by atoms with Gasteiger partial charge in [0.05, 0.1) is 5.60 Å². The minimum Gasteiger partial charge on any atom is -0.378 e. The molecule has 1 saturated carbocycles. The quantitative estimate of drug-likeness (QED) is 0.553. The SMILES string of the molecule is COC1(CC(Br)c2cc(F)c(F)cc2Cl)CCC1. The first-order chi connectivity index (χ1) is 8.47. The van der Waals surface area contributed by atoms with Gasteiger partial charge in [-0.1, -0.05) is 27.5 Å². The molecule has 100 valence electrons. The van der Waals surface area contributed by atoms with Crippen molar-refractivity contribution in [3.05, 3.63) is 34.4 Å². The third kappa shape index (κ3) is 2.70. The van der Waals surface area contributed by atoms with Gasteiger partial charge < -0.3 is 4.74 Å². The van der Waals surface area contributed by atoms with Crippen LogP contribution >= 0.6 is 27.5 Å². The van der Waals surface area contributed by atoms with E-state index >= 15 is 0 Å². The van der Waals surface area contributed by atoms with E-state index in [2.05, 4.69) is 15.9 Å². The Bertz CT molecular complexity index is 443. The molecule has 5 heteroatoms. The molecule has 2 rings (SSSR count). The number of hydrogen-bond donors (Lipinski definition) is 0. The molecule has 1 aromatic rings. The number of ether oxygens (including phenoxy) is 1. The minimum atomic E-state index is -0.923. The molecule has 1 unspecified atom stereocenters. The van der Waals surface area contributed by atoms with Gasteiger partial charge in [-0.25, -0.2) is 8.78 Å². The van der Waals surface area contributed by atoms with Crippen LogP contribution in [0.1, 0.15) is 36.1 Å². The average molecular weight is 340 g/mol. The Morgan fingerprint density at radius 2 is 2.00 bits per heavy atom. The highest BCUT2D eigenvalue weighted by atomic mass is 79.9. The van der Waals surface area contributed by atoms with E-state index in [1.807, 2.05) is 0 Å². The van der Waals surface area contributed by atoms with E-state index in [1.54, 1.807) is 7.11 Å². The molecule has 0 aromatic heterocycles. The fraction of sp³-hybridized carbons (Fsp3) is 0.538. The molecule has 0 amide bonds. The Labute approximate surface area is 119 Å². The van der Waals surface area contributed by atoms with Crippen molar-refractivity contribution in [1.29, 1.82) is 0 Å². The predicted octanol–water partition coefficient (Wildman–Crippen LogP) is 5.01. The summed E-state index contributed by atoms with van der Waals surface area (Å²) in [4.78, 5) is -0.139. The maximum absolute atomic E-state index is 13.2. The van der Waals surface area contributed by atoms with E-state index in [4.69, 9.17) is 16.3 Å². The van der Waals surface area contributed by atoms with Gasteiger partial charge in [-0.2, -0.15) is 0 Å². The maximum Gasteiger partial charge on any atom is 0.160 e. The van der Waals surface area contributed by atoms with Crippen molar-refractivity contribution in [2.24, 2.45) is 0 Å². The van der Waals surface area contributed by atoms with Crippen LogP contribution in [0.4, 0.5) is 8.78 Å². The fourth-order valence-electron chi connectivity index (χ4n) is 2.28. The van der Waals surface area contributed by atoms with Crippen LogP contribution in [0.25, 0.3) is 0 Å². The highest BCUT2D eigenvalue weighted by Crippen LogP contribution is 2.45. The van der Waals surface area contributed by atoms with Gasteiger partial charge >= 0.3 is 0 Å². The summed E-state index contributed by atoms with van der Waals surface area (Å²) in [5.41, 5.74) is 0.418. The fourth-order valence-corrected chi connectivity index (χ4v) is 3.66. The number of alkyl halides is 1. The monoisotopic (exact) mass is 338 g/mol. The second-order valence-electron chi connectivity index (χ2n) is 4.70. The molecule has 1 fully saturated rings. The summed E-state index contributed by atoms with van der Waals surface area (Å²) in [5.74, 6) is -1.80.